The molecule has 0 heterocycles. The first-order chi connectivity index (χ1) is 8.28. The average molecular weight is 275 g/mol. The van der Waals surface area contributed by atoms with Crippen molar-refractivity contribution in [3.8, 4) is 0 Å². The van der Waals surface area contributed by atoms with Crippen LogP contribution in [-0.4, -0.2) is 47.6 Å². The average Bonchev–Trinajstić information content (AvgIpc) is 2.24. The first kappa shape index (κ1) is 14.4. The lowest BCUT2D eigenvalue weighted by Crippen LogP contribution is -2.27. The summed E-state index contributed by atoms with van der Waals surface area (Å²) in [5.74, 6) is -1.80. The van der Waals surface area contributed by atoms with Crippen LogP contribution in [0.3, 0.4) is 0 Å². The highest BCUT2D eigenvalue weighted by Gasteiger charge is 2.13. The molecule has 4 N–H and O–H groups in total. The number of aliphatic hydroxyl groups excluding tert-OH is 1. The van der Waals surface area contributed by atoms with Crippen molar-refractivity contribution in [1.82, 2.24) is 0 Å². The summed E-state index contributed by atoms with van der Waals surface area (Å²) in [5, 5.41) is 20.7. The molecule has 0 saturated carbocycles. The van der Waals surface area contributed by atoms with Gasteiger partial charge in [-0.25, -0.2) is 4.79 Å². The van der Waals surface area contributed by atoms with E-state index in [9.17, 15) is 18.3 Å². The van der Waals surface area contributed by atoms with Crippen LogP contribution in [0.5, 0.6) is 0 Å². The van der Waals surface area contributed by atoms with Crippen LogP contribution in [0, 0.1) is 0 Å². The van der Waals surface area contributed by atoms with E-state index in [1.807, 2.05) is 0 Å². The molecule has 1 rings (SSSR count). The summed E-state index contributed by atoms with van der Waals surface area (Å²) in [5.41, 5.74) is 0.661. The molecule has 7 nitrogen and oxygen atoms in total. The molecule has 1 aromatic carbocycles. The molecule has 0 radical (unpaired) electrons. The van der Waals surface area contributed by atoms with Crippen LogP contribution in [0.15, 0.2) is 24.3 Å². The minimum absolute atomic E-state index is 0.0772. The number of carboxylic acids is 1. The molecule has 0 aromatic heterocycles. The number of anilines is 1. The number of aliphatic hydroxyl groups is 1. The van der Waals surface area contributed by atoms with Crippen LogP contribution in [0.2, 0.25) is 0 Å². The van der Waals surface area contributed by atoms with Gasteiger partial charge in [0.15, 0.2) is 0 Å². The fourth-order valence-corrected chi connectivity index (χ4v) is 1.87. The molecule has 1 unspecified atom stereocenters. The molecule has 0 fully saturated rings. The molecule has 8 heteroatoms. The second kappa shape index (κ2) is 5.80. The van der Waals surface area contributed by atoms with Crippen LogP contribution >= 0.6 is 0 Å². The Kier molecular flexibility index (Phi) is 4.65. The number of aromatic carboxylic acids is 1. The van der Waals surface area contributed by atoms with Gasteiger partial charge in [0.2, 0.25) is 0 Å². The monoisotopic (exact) mass is 275 g/mol. The van der Waals surface area contributed by atoms with E-state index < -0.39 is 27.9 Å². The fourth-order valence-electron chi connectivity index (χ4n) is 1.27. The summed E-state index contributed by atoms with van der Waals surface area (Å²) in [6, 6.07) is 5.73. The van der Waals surface area contributed by atoms with E-state index in [1.165, 1.54) is 24.3 Å². The van der Waals surface area contributed by atoms with Crippen LogP contribution < -0.4 is 5.32 Å². The maximum atomic E-state index is 10.6. The van der Waals surface area contributed by atoms with Gasteiger partial charge in [-0.3, -0.25) is 4.55 Å². The topological polar surface area (TPSA) is 124 Å². The number of rotatable bonds is 6. The second-order valence-corrected chi connectivity index (χ2v) is 5.16. The van der Waals surface area contributed by atoms with Crippen molar-refractivity contribution in [2.45, 2.75) is 6.10 Å². The van der Waals surface area contributed by atoms with Crippen molar-refractivity contribution >= 4 is 21.8 Å². The maximum absolute atomic E-state index is 10.6. The van der Waals surface area contributed by atoms with Crippen LogP contribution in [0.4, 0.5) is 5.69 Å². The molecular formula is C10H13NO6S. The molecule has 0 aliphatic heterocycles. The molecule has 0 amide bonds. The Labute approximate surface area is 104 Å². The Morgan fingerprint density at radius 1 is 1.28 bits per heavy atom. The van der Waals surface area contributed by atoms with Crippen molar-refractivity contribution in [3.05, 3.63) is 29.8 Å². The Hall–Kier alpha value is -1.64. The molecule has 1 aromatic rings. The van der Waals surface area contributed by atoms with E-state index >= 15 is 0 Å². The van der Waals surface area contributed by atoms with E-state index in [2.05, 4.69) is 5.32 Å². The summed E-state index contributed by atoms with van der Waals surface area (Å²) in [6.07, 6.45) is -1.25. The van der Waals surface area contributed by atoms with Crippen molar-refractivity contribution in [1.29, 1.82) is 0 Å². The Bertz CT molecular complexity index is 510. The third-order valence-electron chi connectivity index (χ3n) is 2.08. The Morgan fingerprint density at radius 2 is 1.83 bits per heavy atom. The van der Waals surface area contributed by atoms with Gasteiger partial charge in [0.1, 0.15) is 5.75 Å². The zero-order valence-electron chi connectivity index (χ0n) is 9.28. The molecule has 100 valence electrons. The smallest absolute Gasteiger partial charge is 0.335 e. The number of hydrogen-bond donors (Lipinski definition) is 4. The highest BCUT2D eigenvalue weighted by molar-refractivity contribution is 7.85. The first-order valence-corrected chi connectivity index (χ1v) is 6.59. The van der Waals surface area contributed by atoms with E-state index in [1.54, 1.807) is 0 Å². The van der Waals surface area contributed by atoms with Gasteiger partial charge in [0.05, 0.1) is 11.7 Å². The molecule has 0 aliphatic carbocycles. The lowest BCUT2D eigenvalue weighted by Gasteiger charge is -2.11. The second-order valence-electron chi connectivity index (χ2n) is 3.67. The predicted octanol–water partition coefficient (Wildman–Crippen LogP) is 0.0454. The fraction of sp³-hybridized carbons (Fsp3) is 0.300. The van der Waals surface area contributed by atoms with E-state index in [0.29, 0.717) is 5.69 Å². The van der Waals surface area contributed by atoms with E-state index in [-0.39, 0.29) is 12.1 Å². The minimum atomic E-state index is -4.21. The molecule has 1 atom stereocenters. The molecule has 0 saturated heterocycles. The summed E-state index contributed by atoms with van der Waals surface area (Å²) in [7, 11) is -4.21. The highest BCUT2D eigenvalue weighted by Crippen LogP contribution is 2.09. The summed E-state index contributed by atoms with van der Waals surface area (Å²) in [6.45, 7) is -0.0772. The van der Waals surface area contributed by atoms with Gasteiger partial charge in [0, 0.05) is 12.2 Å². The summed E-state index contributed by atoms with van der Waals surface area (Å²) in [4.78, 5) is 10.6. The van der Waals surface area contributed by atoms with Crippen LogP contribution in [0.25, 0.3) is 0 Å². The predicted molar refractivity (Wildman–Crippen MR) is 64.3 cm³/mol. The summed E-state index contributed by atoms with van der Waals surface area (Å²) < 4.78 is 29.5. The zero-order valence-corrected chi connectivity index (χ0v) is 10.1. The molecule has 0 spiro atoms. The molecule has 0 bridgehead atoms. The van der Waals surface area contributed by atoms with Crippen LogP contribution in [0.1, 0.15) is 10.4 Å². The largest absolute Gasteiger partial charge is 0.478 e. The quantitative estimate of drug-likeness (QED) is 0.540. The van der Waals surface area contributed by atoms with Gasteiger partial charge in [-0.1, -0.05) is 0 Å². The van der Waals surface area contributed by atoms with E-state index in [4.69, 9.17) is 9.66 Å². The molecule has 0 aliphatic rings. The Balaban J connectivity index is 2.51. The normalized spacial score (nSPS) is 13.0. The first-order valence-electron chi connectivity index (χ1n) is 4.98. The standard InChI is InChI=1S/C10H13NO6S/c12-9(6-18(15,16)17)5-11-8-3-1-7(2-4-8)10(13)14/h1-4,9,11-12H,5-6H2,(H,13,14)(H,15,16,17). The number of benzene rings is 1. The van der Waals surface area contributed by atoms with Crippen molar-refractivity contribution in [2.75, 3.05) is 17.6 Å². The van der Waals surface area contributed by atoms with Gasteiger partial charge >= 0.3 is 5.97 Å². The maximum Gasteiger partial charge on any atom is 0.335 e. The lowest BCUT2D eigenvalue weighted by molar-refractivity contribution is 0.0697. The van der Waals surface area contributed by atoms with Gasteiger partial charge < -0.3 is 15.5 Å². The van der Waals surface area contributed by atoms with Crippen molar-refractivity contribution < 1.29 is 28.0 Å². The number of nitrogens with one attached hydrogen (secondary N) is 1. The third kappa shape index (κ3) is 5.13. The SMILES string of the molecule is O=C(O)c1ccc(NCC(O)CS(=O)(=O)O)cc1. The van der Waals surface area contributed by atoms with E-state index in [0.717, 1.165) is 0 Å². The summed E-state index contributed by atoms with van der Waals surface area (Å²) >= 11 is 0. The Morgan fingerprint density at radius 3 is 2.28 bits per heavy atom. The zero-order chi connectivity index (χ0) is 13.8. The third-order valence-corrected chi connectivity index (χ3v) is 2.88. The van der Waals surface area contributed by atoms with Crippen LogP contribution in [-0.2, 0) is 10.1 Å². The number of carboxylic acid groups (broad SMARTS) is 1. The highest BCUT2D eigenvalue weighted by atomic mass is 32.2. The van der Waals surface area contributed by atoms with Crippen molar-refractivity contribution in [3.63, 3.8) is 0 Å². The molecule has 18 heavy (non-hydrogen) atoms. The van der Waals surface area contributed by atoms with Gasteiger partial charge in [0.25, 0.3) is 10.1 Å². The minimum Gasteiger partial charge on any atom is -0.478 e. The number of carbonyl (C=O) groups is 1. The lowest BCUT2D eigenvalue weighted by atomic mass is 10.2. The van der Waals surface area contributed by atoms with Gasteiger partial charge in [-0.15, -0.1) is 0 Å². The number of hydrogen-bond acceptors (Lipinski definition) is 5. The van der Waals surface area contributed by atoms with Crippen molar-refractivity contribution in [2.24, 2.45) is 0 Å². The van der Waals surface area contributed by atoms with Gasteiger partial charge in [-0.2, -0.15) is 8.42 Å². The van der Waals surface area contributed by atoms with Gasteiger partial charge in [-0.05, 0) is 24.3 Å². The molecular weight excluding hydrogens is 262 g/mol.